The van der Waals surface area contributed by atoms with Crippen LogP contribution in [0.4, 0.5) is 0 Å². The first kappa shape index (κ1) is 35.0. The summed E-state index contributed by atoms with van der Waals surface area (Å²) in [5, 5.41) is 6.70. The van der Waals surface area contributed by atoms with Crippen molar-refractivity contribution in [2.75, 3.05) is 26.7 Å². The second-order valence-electron chi connectivity index (χ2n) is 13.3. The minimum absolute atomic E-state index is 0.0670. The fourth-order valence-corrected chi connectivity index (χ4v) is 12.3. The third-order valence-corrected chi connectivity index (χ3v) is 15.8. The molecule has 0 aliphatic carbocycles. The molecule has 4 aromatic rings. The maximum Gasteiger partial charge on any atom is 0.283 e. The SMILES string of the molecule is C#Cc1c(S(=O)(=O)N2CCN(C(=O)c3nc4c(s3)CNC(C)C4)C(C(=O)NC)C2)n(S(=O)(=O)c2cccc([Si](C)(C)C)c2)c2ccccc12. The van der Waals surface area contributed by atoms with E-state index in [-0.39, 0.29) is 45.5 Å². The molecule has 6 rings (SSSR count). The molecule has 2 aromatic carbocycles. The second kappa shape index (κ2) is 12.8. The number of thiazole rings is 1. The van der Waals surface area contributed by atoms with Crippen molar-refractivity contribution in [2.45, 2.75) is 61.5 Å². The molecule has 4 heterocycles. The van der Waals surface area contributed by atoms with Gasteiger partial charge in [-0.05, 0) is 25.1 Å². The van der Waals surface area contributed by atoms with Gasteiger partial charge in [-0.2, -0.15) is 4.31 Å². The Kier molecular flexibility index (Phi) is 9.14. The van der Waals surface area contributed by atoms with Gasteiger partial charge in [0.2, 0.25) is 5.91 Å². The van der Waals surface area contributed by atoms with Gasteiger partial charge in [-0.15, -0.1) is 17.8 Å². The third-order valence-electron chi connectivity index (χ3n) is 8.98. The van der Waals surface area contributed by atoms with Gasteiger partial charge >= 0.3 is 0 Å². The lowest BCUT2D eigenvalue weighted by Crippen LogP contribution is -2.61. The number of hydrogen-bond donors (Lipinski definition) is 2. The van der Waals surface area contributed by atoms with Crippen LogP contribution in [0.5, 0.6) is 0 Å². The van der Waals surface area contributed by atoms with Gasteiger partial charge in [-0.25, -0.2) is 25.8 Å². The molecule has 0 radical (unpaired) electrons. The van der Waals surface area contributed by atoms with Crippen molar-refractivity contribution in [3.63, 3.8) is 0 Å². The lowest BCUT2D eigenvalue weighted by atomic mass is 10.1. The topological polar surface area (TPSA) is 151 Å². The van der Waals surface area contributed by atoms with Crippen molar-refractivity contribution in [3.8, 4) is 12.3 Å². The Labute approximate surface area is 291 Å². The van der Waals surface area contributed by atoms with Gasteiger partial charge in [-0.3, -0.25) is 9.59 Å². The van der Waals surface area contributed by atoms with Crippen molar-refractivity contribution in [1.29, 1.82) is 0 Å². The van der Waals surface area contributed by atoms with Crippen molar-refractivity contribution < 1.29 is 26.4 Å². The molecule has 2 N–H and O–H groups in total. The van der Waals surface area contributed by atoms with Gasteiger partial charge in [0.15, 0.2) is 10.0 Å². The predicted octanol–water partition coefficient (Wildman–Crippen LogP) is 2.16. The molecule has 0 saturated carbocycles. The van der Waals surface area contributed by atoms with Crippen LogP contribution in [0.3, 0.4) is 0 Å². The van der Waals surface area contributed by atoms with Gasteiger partial charge in [0.1, 0.15) is 6.04 Å². The number of rotatable bonds is 7. The summed E-state index contributed by atoms with van der Waals surface area (Å²) in [5.41, 5.74) is 0.843. The molecule has 2 atom stereocenters. The fraction of sp³-hybridized carbons (Fsp3) is 0.364. The van der Waals surface area contributed by atoms with E-state index in [1.54, 1.807) is 30.3 Å². The molecule has 12 nitrogen and oxygen atoms in total. The molecule has 258 valence electrons. The van der Waals surface area contributed by atoms with Crippen LogP contribution in [-0.4, -0.2) is 93.7 Å². The number of piperazine rings is 1. The van der Waals surface area contributed by atoms with Crippen LogP contribution in [-0.2, 0) is 37.8 Å². The molecular weight excluding hydrogens is 701 g/mol. The van der Waals surface area contributed by atoms with Crippen molar-refractivity contribution >= 4 is 67.4 Å². The normalized spacial score (nSPS) is 19.0. The second-order valence-corrected chi connectivity index (χ2v) is 23.1. The Bertz CT molecular complexity index is 2250. The standard InChI is InChI=1S/C33H38N6O6S3Si/c1-7-24-25-13-8-9-14-27(25)39(47(42,43)22-11-10-12-23(18-22)49(4,5)6)33(24)48(44,45)37-15-16-38(28(20-37)30(40)34-3)32(41)31-36-26-17-21(2)35-19-29(26)46-31/h1,8-14,18,21,28,35H,15-17,19-20H2,2-6H3,(H,34,40). The number of carbonyl (C=O) groups is 2. The zero-order valence-electron chi connectivity index (χ0n) is 27.8. The Morgan fingerprint density at radius 3 is 2.49 bits per heavy atom. The number of benzene rings is 2. The van der Waals surface area contributed by atoms with Crippen LogP contribution < -0.4 is 15.8 Å². The monoisotopic (exact) mass is 738 g/mol. The molecule has 2 unspecified atom stereocenters. The summed E-state index contributed by atoms with van der Waals surface area (Å²) in [6.07, 6.45) is 6.60. The van der Waals surface area contributed by atoms with Crippen molar-refractivity contribution in [1.82, 2.24) is 28.8 Å². The molecule has 2 aromatic heterocycles. The molecular formula is C33H38N6O6S3Si. The smallest absolute Gasteiger partial charge is 0.283 e. The summed E-state index contributed by atoms with van der Waals surface area (Å²) in [6, 6.07) is 11.9. The van der Waals surface area contributed by atoms with Crippen LogP contribution >= 0.6 is 11.3 Å². The summed E-state index contributed by atoms with van der Waals surface area (Å²) in [5.74, 6) is 1.40. The lowest BCUT2D eigenvalue weighted by molar-refractivity contribution is -0.126. The molecule has 1 fully saturated rings. The number of sulfonamides is 1. The number of carbonyl (C=O) groups excluding carboxylic acids is 2. The molecule has 2 aliphatic heterocycles. The molecule has 2 amide bonds. The largest absolute Gasteiger partial charge is 0.357 e. The minimum Gasteiger partial charge on any atom is -0.357 e. The number of amides is 2. The number of nitrogens with one attached hydrogen (secondary N) is 2. The van der Waals surface area contributed by atoms with E-state index < -0.39 is 57.5 Å². The Hall–Kier alpha value is -3.85. The van der Waals surface area contributed by atoms with Crippen LogP contribution in [0.2, 0.25) is 19.6 Å². The summed E-state index contributed by atoms with van der Waals surface area (Å²) >= 11 is 1.26. The van der Waals surface area contributed by atoms with Crippen LogP contribution in [0.15, 0.2) is 58.5 Å². The number of nitrogens with zero attached hydrogens (tertiary/aromatic N) is 4. The van der Waals surface area contributed by atoms with E-state index in [0.717, 1.165) is 24.0 Å². The highest BCUT2D eigenvalue weighted by molar-refractivity contribution is 7.92. The van der Waals surface area contributed by atoms with Gasteiger partial charge in [0.25, 0.3) is 26.0 Å². The van der Waals surface area contributed by atoms with E-state index in [1.165, 1.54) is 35.4 Å². The zero-order chi connectivity index (χ0) is 35.5. The Morgan fingerprint density at radius 2 is 1.80 bits per heavy atom. The number of para-hydroxylation sites is 1. The number of hydrogen-bond acceptors (Lipinski definition) is 9. The highest BCUT2D eigenvalue weighted by Gasteiger charge is 2.44. The third kappa shape index (κ3) is 6.13. The number of likely N-dealkylation sites (N-methyl/N-ethyl adjacent to an activating group) is 1. The quantitative estimate of drug-likeness (QED) is 0.217. The minimum atomic E-state index is -4.68. The first-order chi connectivity index (χ1) is 23.1. The van der Waals surface area contributed by atoms with E-state index in [2.05, 4.69) is 41.2 Å². The average Bonchev–Trinajstić information content (AvgIpc) is 3.66. The molecule has 0 bridgehead atoms. The van der Waals surface area contributed by atoms with Crippen LogP contribution in [0.25, 0.3) is 10.9 Å². The fourth-order valence-electron chi connectivity index (χ4n) is 6.29. The van der Waals surface area contributed by atoms with Crippen LogP contribution in [0.1, 0.15) is 32.9 Å². The summed E-state index contributed by atoms with van der Waals surface area (Å²) < 4.78 is 60.4. The molecule has 2 aliphatic rings. The maximum atomic E-state index is 14.7. The van der Waals surface area contributed by atoms with E-state index in [4.69, 9.17) is 6.42 Å². The molecule has 1 saturated heterocycles. The van der Waals surface area contributed by atoms with Crippen molar-refractivity contribution in [2.24, 2.45) is 0 Å². The Balaban J connectivity index is 1.43. The lowest BCUT2D eigenvalue weighted by Gasteiger charge is -2.39. The zero-order valence-corrected chi connectivity index (χ0v) is 31.3. The first-order valence-electron chi connectivity index (χ1n) is 15.8. The van der Waals surface area contributed by atoms with E-state index in [1.807, 2.05) is 13.0 Å². The van der Waals surface area contributed by atoms with E-state index >= 15 is 0 Å². The number of aromatic nitrogens is 2. The number of terminal acetylenes is 1. The molecule has 49 heavy (non-hydrogen) atoms. The molecule has 0 spiro atoms. The van der Waals surface area contributed by atoms with Gasteiger partial charge < -0.3 is 15.5 Å². The predicted molar refractivity (Wildman–Crippen MR) is 192 cm³/mol. The van der Waals surface area contributed by atoms with Gasteiger partial charge in [0, 0.05) is 56.0 Å². The average molecular weight is 739 g/mol. The van der Waals surface area contributed by atoms with Gasteiger partial charge in [-0.1, -0.05) is 61.1 Å². The highest BCUT2D eigenvalue weighted by atomic mass is 32.2. The first-order valence-corrected chi connectivity index (χ1v) is 23.0. The summed E-state index contributed by atoms with van der Waals surface area (Å²) in [7, 11) is -9.74. The van der Waals surface area contributed by atoms with Gasteiger partial charge in [0.05, 0.1) is 29.7 Å². The molecule has 16 heteroatoms. The van der Waals surface area contributed by atoms with E-state index in [9.17, 15) is 26.4 Å². The van der Waals surface area contributed by atoms with Crippen LogP contribution in [0, 0.1) is 12.3 Å². The number of fused-ring (bicyclic) bond motifs is 2. The maximum absolute atomic E-state index is 14.7. The summed E-state index contributed by atoms with van der Waals surface area (Å²) in [4.78, 5) is 33.9. The summed E-state index contributed by atoms with van der Waals surface area (Å²) in [6.45, 7) is 8.12. The van der Waals surface area contributed by atoms with Crippen molar-refractivity contribution in [3.05, 3.63) is 69.7 Å². The highest BCUT2D eigenvalue weighted by Crippen LogP contribution is 2.35. The van der Waals surface area contributed by atoms with E-state index in [0.29, 0.717) is 13.0 Å². The Morgan fingerprint density at radius 1 is 1.06 bits per heavy atom.